The van der Waals surface area contributed by atoms with Gasteiger partial charge in [0.25, 0.3) is 0 Å². The maximum atomic E-state index is 12.9. The first kappa shape index (κ1) is 33.5. The molecule has 3 saturated heterocycles. The van der Waals surface area contributed by atoms with E-state index in [1.165, 1.54) is 12.1 Å². The van der Waals surface area contributed by atoms with Crippen molar-refractivity contribution in [3.63, 3.8) is 0 Å². The number of H-pyrrole nitrogens is 1. The van der Waals surface area contributed by atoms with Crippen LogP contribution in [-0.4, -0.2) is 81.6 Å². The number of unbranched alkanes of at least 4 members (excludes halogenated alkanes) is 3. The molecule has 0 radical (unpaired) electrons. The summed E-state index contributed by atoms with van der Waals surface area (Å²) in [5.74, 6) is 1.10. The fraction of sp³-hybridized carbons (Fsp3) is 0.421. The number of carboxylic acid groups (broad SMARTS) is 1. The number of rotatable bonds is 15. The van der Waals surface area contributed by atoms with Crippen molar-refractivity contribution in [1.82, 2.24) is 20.1 Å². The van der Waals surface area contributed by atoms with Crippen LogP contribution < -0.4 is 15.6 Å². The number of nitrogens with one attached hydrogen (secondary N) is 2. The van der Waals surface area contributed by atoms with Gasteiger partial charge in [0, 0.05) is 24.5 Å². The van der Waals surface area contributed by atoms with Crippen molar-refractivity contribution < 1.29 is 24.9 Å². The van der Waals surface area contributed by atoms with Gasteiger partial charge in [-0.2, -0.15) is 0 Å². The molecule has 0 saturated carbocycles. The highest BCUT2D eigenvalue weighted by molar-refractivity contribution is 5.87. The van der Waals surface area contributed by atoms with Crippen LogP contribution in [0.2, 0.25) is 0 Å². The fourth-order valence-corrected chi connectivity index (χ4v) is 7.41. The quantitative estimate of drug-likeness (QED) is 0.104. The molecule has 1 amide bonds. The number of pyridine rings is 1. The van der Waals surface area contributed by atoms with Gasteiger partial charge in [-0.25, -0.2) is 4.79 Å². The standard InChI is InChI=1S/C38H46N4O6/c43-33-15-13-30(31-14-16-35(45)40-36(31)33)34(44)24-39-19-6-1-2-7-22-48-29-12-8-11-28(23-29)37(27-9-4-3-5-10-27)42(38(46)47)32-25-41-20-17-26(32)18-21-41/h3-5,8-16,23,26,32,34,37,39,43-44H,1-2,6-7,17-22,24-25H2,(H,40,45)(H,46,47)/t32-,34-,37?/m0/s1. The van der Waals surface area contributed by atoms with Crippen molar-refractivity contribution in [3.8, 4) is 11.5 Å². The zero-order valence-electron chi connectivity index (χ0n) is 27.3. The van der Waals surface area contributed by atoms with Gasteiger partial charge in [-0.15, -0.1) is 0 Å². The van der Waals surface area contributed by atoms with E-state index in [0.29, 0.717) is 35.5 Å². The van der Waals surface area contributed by atoms with Crippen LogP contribution in [0.3, 0.4) is 0 Å². The summed E-state index contributed by atoms with van der Waals surface area (Å²) in [6, 6.07) is 23.6. The topological polar surface area (TPSA) is 138 Å². The van der Waals surface area contributed by atoms with Crippen molar-refractivity contribution >= 4 is 17.0 Å². The molecular weight excluding hydrogens is 608 g/mol. The Kier molecular flexibility index (Phi) is 10.9. The number of amides is 1. The Labute approximate surface area is 281 Å². The molecular formula is C38H46N4O6. The number of aromatic hydroxyl groups is 1. The van der Waals surface area contributed by atoms with E-state index in [4.69, 9.17) is 4.74 Å². The second-order valence-electron chi connectivity index (χ2n) is 13.0. The number of piperidine rings is 3. The van der Waals surface area contributed by atoms with Crippen LogP contribution in [0.5, 0.6) is 11.5 Å². The van der Waals surface area contributed by atoms with E-state index in [2.05, 4.69) is 15.2 Å². The van der Waals surface area contributed by atoms with Crippen LogP contribution in [0.25, 0.3) is 10.9 Å². The predicted molar refractivity (Wildman–Crippen MR) is 186 cm³/mol. The molecule has 3 aliphatic heterocycles. The van der Waals surface area contributed by atoms with Crippen molar-refractivity contribution in [2.24, 2.45) is 5.92 Å². The molecule has 5 N–H and O–H groups in total. The summed E-state index contributed by atoms with van der Waals surface area (Å²) in [6.45, 7) is 4.58. The summed E-state index contributed by atoms with van der Waals surface area (Å²) >= 11 is 0. The highest BCUT2D eigenvalue weighted by Gasteiger charge is 2.43. The first-order valence-electron chi connectivity index (χ1n) is 17.1. The van der Waals surface area contributed by atoms with Gasteiger partial charge < -0.3 is 35.3 Å². The van der Waals surface area contributed by atoms with Gasteiger partial charge in [0.2, 0.25) is 5.56 Å². The van der Waals surface area contributed by atoms with Crippen molar-refractivity contribution in [2.75, 3.05) is 39.3 Å². The van der Waals surface area contributed by atoms with Crippen LogP contribution in [0.15, 0.2) is 83.7 Å². The van der Waals surface area contributed by atoms with Crippen molar-refractivity contribution in [2.45, 2.75) is 56.7 Å². The molecule has 4 heterocycles. The summed E-state index contributed by atoms with van der Waals surface area (Å²) in [6.07, 6.45) is 4.28. The number of phenolic OH excluding ortho intramolecular Hbond substituents is 1. The number of aliphatic hydroxyl groups excluding tert-OH is 1. The van der Waals surface area contributed by atoms with Crippen LogP contribution in [0.4, 0.5) is 4.79 Å². The summed E-state index contributed by atoms with van der Waals surface area (Å²) in [4.78, 5) is 31.3. The number of carbonyl (C=O) groups is 1. The van der Waals surface area contributed by atoms with Crippen LogP contribution >= 0.6 is 0 Å². The van der Waals surface area contributed by atoms with E-state index in [-0.39, 0.29) is 17.4 Å². The summed E-state index contributed by atoms with van der Waals surface area (Å²) in [5, 5.41) is 35.3. The fourth-order valence-electron chi connectivity index (χ4n) is 7.41. The van der Waals surface area contributed by atoms with E-state index in [9.17, 15) is 24.9 Å². The molecule has 10 heteroatoms. The molecule has 3 fully saturated rings. The Balaban J connectivity index is 0.980. The maximum absolute atomic E-state index is 12.9. The first-order valence-corrected chi connectivity index (χ1v) is 17.1. The van der Waals surface area contributed by atoms with E-state index in [0.717, 1.165) is 81.6 Å². The van der Waals surface area contributed by atoms with E-state index < -0.39 is 18.2 Å². The third-order valence-electron chi connectivity index (χ3n) is 9.89. The van der Waals surface area contributed by atoms with Gasteiger partial charge in [-0.3, -0.25) is 9.69 Å². The Morgan fingerprint density at radius 3 is 2.48 bits per heavy atom. The average molecular weight is 655 g/mol. The second-order valence-corrected chi connectivity index (χ2v) is 13.0. The molecule has 0 aliphatic carbocycles. The maximum Gasteiger partial charge on any atom is 0.408 e. The van der Waals surface area contributed by atoms with Crippen LogP contribution in [-0.2, 0) is 0 Å². The van der Waals surface area contributed by atoms with E-state index >= 15 is 0 Å². The zero-order valence-corrected chi connectivity index (χ0v) is 27.3. The lowest BCUT2D eigenvalue weighted by molar-refractivity contribution is -0.000811. The minimum absolute atomic E-state index is 0.0239. The lowest BCUT2D eigenvalue weighted by atomic mass is 9.81. The molecule has 1 aromatic heterocycles. The smallest absolute Gasteiger partial charge is 0.408 e. The number of ether oxygens (including phenoxy) is 1. The monoisotopic (exact) mass is 654 g/mol. The predicted octanol–water partition coefficient (Wildman–Crippen LogP) is 5.66. The number of phenols is 1. The van der Waals surface area contributed by atoms with Crippen LogP contribution in [0, 0.1) is 5.92 Å². The molecule has 3 atom stereocenters. The van der Waals surface area contributed by atoms with Gasteiger partial charge in [0.05, 0.1) is 30.3 Å². The van der Waals surface area contributed by atoms with E-state index in [1.54, 1.807) is 17.0 Å². The van der Waals surface area contributed by atoms with E-state index in [1.807, 2.05) is 54.6 Å². The molecule has 4 aromatic rings. The first-order chi connectivity index (χ1) is 23.4. The second kappa shape index (κ2) is 15.7. The molecule has 254 valence electrons. The number of benzene rings is 3. The van der Waals surface area contributed by atoms with Gasteiger partial charge in [0.15, 0.2) is 0 Å². The minimum atomic E-state index is -0.885. The molecule has 2 bridgehead atoms. The van der Waals surface area contributed by atoms with Crippen LogP contribution in [0.1, 0.15) is 67.4 Å². The Bertz CT molecular complexity index is 1720. The van der Waals surface area contributed by atoms with Gasteiger partial charge in [0.1, 0.15) is 11.5 Å². The normalized spacial score (nSPS) is 20.0. The van der Waals surface area contributed by atoms with Gasteiger partial charge >= 0.3 is 6.09 Å². The molecule has 3 aromatic carbocycles. The van der Waals surface area contributed by atoms with Gasteiger partial charge in [-0.1, -0.05) is 61.4 Å². The number of aromatic amines is 1. The molecule has 10 nitrogen and oxygen atoms in total. The molecule has 0 spiro atoms. The number of aromatic nitrogens is 1. The number of hydrogen-bond acceptors (Lipinski definition) is 7. The third kappa shape index (κ3) is 7.84. The Morgan fingerprint density at radius 2 is 1.73 bits per heavy atom. The third-order valence-corrected chi connectivity index (χ3v) is 9.89. The minimum Gasteiger partial charge on any atom is -0.506 e. The summed E-state index contributed by atoms with van der Waals surface area (Å²) in [5.41, 5.74) is 2.55. The number of aliphatic hydroxyl groups is 1. The van der Waals surface area contributed by atoms with Gasteiger partial charge in [-0.05, 0) is 92.2 Å². The SMILES string of the molecule is O=C(O)N(C(c1ccccc1)c1cccc(OCCCCCCNC[C@H](O)c2ccc(O)c3[nH]c(=O)ccc23)c1)[C@H]1CN2CCC1CC2. The Hall–Kier alpha value is -4.38. The highest BCUT2D eigenvalue weighted by Crippen LogP contribution is 2.39. The highest BCUT2D eigenvalue weighted by atomic mass is 16.5. The molecule has 1 unspecified atom stereocenters. The summed E-state index contributed by atoms with van der Waals surface area (Å²) in [7, 11) is 0. The Morgan fingerprint density at radius 1 is 0.958 bits per heavy atom. The number of nitrogens with zero attached hydrogens (tertiary/aromatic N) is 2. The summed E-state index contributed by atoms with van der Waals surface area (Å²) < 4.78 is 6.16. The lowest BCUT2D eigenvalue weighted by Crippen LogP contribution is -2.59. The largest absolute Gasteiger partial charge is 0.506 e. The molecule has 48 heavy (non-hydrogen) atoms. The molecule has 7 rings (SSSR count). The number of hydrogen-bond donors (Lipinski definition) is 5. The van der Waals surface area contributed by atoms with Crippen molar-refractivity contribution in [3.05, 3.63) is 106 Å². The zero-order chi connectivity index (χ0) is 33.5. The molecule has 3 aliphatic rings. The van der Waals surface area contributed by atoms with Crippen molar-refractivity contribution in [1.29, 1.82) is 0 Å². The lowest BCUT2D eigenvalue weighted by Gasteiger charge is -2.50. The average Bonchev–Trinajstić information content (AvgIpc) is 3.11. The number of fused-ring (bicyclic) bond motifs is 4.